The minimum absolute atomic E-state index is 0.106. The number of hydrogen-bond donors (Lipinski definition) is 1. The Morgan fingerprint density at radius 1 is 1.14 bits per heavy atom. The molecule has 2 fully saturated rings. The summed E-state index contributed by atoms with van der Waals surface area (Å²) < 4.78 is 18.9. The molecule has 0 aromatic heterocycles. The van der Waals surface area contributed by atoms with Gasteiger partial charge in [0.25, 0.3) is 0 Å². The monoisotopic (exact) mass is 392 g/mol. The van der Waals surface area contributed by atoms with Crippen LogP contribution in [0.2, 0.25) is 0 Å². The van der Waals surface area contributed by atoms with Gasteiger partial charge in [0, 0.05) is 51.6 Å². The van der Waals surface area contributed by atoms with Crippen LogP contribution in [0, 0.1) is 5.82 Å². The van der Waals surface area contributed by atoms with Crippen molar-refractivity contribution in [3.8, 4) is 0 Å². The Morgan fingerprint density at radius 2 is 1.79 bits per heavy atom. The van der Waals surface area contributed by atoms with Gasteiger partial charge in [0.15, 0.2) is 0 Å². The van der Waals surface area contributed by atoms with E-state index in [9.17, 15) is 9.18 Å². The molecule has 156 valence electrons. The lowest BCUT2D eigenvalue weighted by Gasteiger charge is -2.41. The summed E-state index contributed by atoms with van der Waals surface area (Å²) in [5.74, 6) is 0.00537. The number of piperidine rings is 1. The lowest BCUT2D eigenvalue weighted by molar-refractivity contribution is -0.139. The number of hydrogen-bond acceptors (Lipinski definition) is 5. The van der Waals surface area contributed by atoms with E-state index in [-0.39, 0.29) is 23.9 Å². The van der Waals surface area contributed by atoms with E-state index in [0.29, 0.717) is 13.2 Å². The third-order valence-electron chi connectivity index (χ3n) is 5.87. The first-order chi connectivity index (χ1) is 13.6. The van der Waals surface area contributed by atoms with Crippen molar-refractivity contribution < 1.29 is 13.9 Å². The van der Waals surface area contributed by atoms with Crippen LogP contribution >= 0.6 is 0 Å². The molecule has 2 heterocycles. The molecule has 1 unspecified atom stereocenters. The quantitative estimate of drug-likeness (QED) is 0.716. The van der Waals surface area contributed by atoms with Gasteiger partial charge in [-0.05, 0) is 57.0 Å². The Balaban J connectivity index is 1.43. The number of ether oxygens (including phenoxy) is 1. The molecule has 0 saturated carbocycles. The minimum atomic E-state index is -0.213. The van der Waals surface area contributed by atoms with Crippen molar-refractivity contribution >= 4 is 11.6 Å². The average molecular weight is 393 g/mol. The van der Waals surface area contributed by atoms with Crippen LogP contribution in [-0.2, 0) is 9.53 Å². The number of likely N-dealkylation sites (tertiary alicyclic amines) is 1. The molecule has 0 spiro atoms. The molecule has 2 aliphatic rings. The molecular weight excluding hydrogens is 359 g/mol. The van der Waals surface area contributed by atoms with Gasteiger partial charge >= 0.3 is 0 Å². The summed E-state index contributed by atoms with van der Waals surface area (Å²) in [6, 6.07) is 6.53. The summed E-state index contributed by atoms with van der Waals surface area (Å²) in [4.78, 5) is 19.4. The number of carbonyl (C=O) groups excluding carboxylic acids is 1. The molecule has 1 amide bonds. The number of amides is 1. The fraction of sp³-hybridized carbons (Fsp3) is 0.667. The number of halogens is 1. The minimum Gasteiger partial charge on any atom is -0.378 e. The smallest absolute Gasteiger partial charge is 0.239 e. The lowest BCUT2D eigenvalue weighted by Crippen LogP contribution is -2.55. The molecule has 1 aromatic carbocycles. The highest BCUT2D eigenvalue weighted by molar-refractivity contribution is 5.81. The van der Waals surface area contributed by atoms with Crippen LogP contribution in [0.1, 0.15) is 26.2 Å². The average Bonchev–Trinajstić information content (AvgIpc) is 2.74. The number of nitrogens with two attached hydrogens (primary N) is 1. The molecule has 0 radical (unpaired) electrons. The molecule has 1 aromatic rings. The first-order valence-electron chi connectivity index (χ1n) is 10.4. The summed E-state index contributed by atoms with van der Waals surface area (Å²) >= 11 is 0. The fourth-order valence-corrected chi connectivity index (χ4v) is 4.02. The van der Waals surface area contributed by atoms with Crippen LogP contribution in [0.5, 0.6) is 0 Å². The van der Waals surface area contributed by atoms with E-state index in [0.717, 1.165) is 64.2 Å². The van der Waals surface area contributed by atoms with Gasteiger partial charge in [0.2, 0.25) is 5.91 Å². The number of piperazine rings is 1. The van der Waals surface area contributed by atoms with Gasteiger partial charge in [-0.3, -0.25) is 9.69 Å². The van der Waals surface area contributed by atoms with Crippen molar-refractivity contribution in [1.29, 1.82) is 0 Å². The number of rotatable bonds is 7. The standard InChI is InChI=1S/C21H33FN4O2/c1-17(21(27)26-10-7-20(8-11-26)28-16-2-9-23)24-12-14-25(15-13-24)19-5-3-18(22)4-6-19/h3-6,17,20H,2,7-16,23H2,1H3. The van der Waals surface area contributed by atoms with Gasteiger partial charge in [0.05, 0.1) is 12.1 Å². The summed E-state index contributed by atoms with van der Waals surface area (Å²) in [5.41, 5.74) is 6.54. The molecule has 3 rings (SSSR count). The largest absolute Gasteiger partial charge is 0.378 e. The maximum Gasteiger partial charge on any atom is 0.239 e. The van der Waals surface area contributed by atoms with Crippen molar-refractivity contribution in [1.82, 2.24) is 9.80 Å². The first-order valence-corrected chi connectivity index (χ1v) is 10.4. The number of nitrogens with zero attached hydrogens (tertiary/aromatic N) is 3. The van der Waals surface area contributed by atoms with Gasteiger partial charge in [0.1, 0.15) is 5.82 Å². The fourth-order valence-electron chi connectivity index (χ4n) is 4.02. The van der Waals surface area contributed by atoms with Crippen molar-refractivity contribution in [2.75, 3.05) is 57.3 Å². The third kappa shape index (κ3) is 5.43. The predicted octanol–water partition coefficient (Wildman–Crippen LogP) is 1.69. The molecule has 1 atom stereocenters. The topological polar surface area (TPSA) is 62.0 Å². The summed E-state index contributed by atoms with van der Waals surface area (Å²) in [7, 11) is 0. The Hall–Kier alpha value is -1.70. The maximum atomic E-state index is 13.1. The van der Waals surface area contributed by atoms with E-state index in [1.165, 1.54) is 12.1 Å². The Kier molecular flexibility index (Phi) is 7.65. The van der Waals surface area contributed by atoms with E-state index in [4.69, 9.17) is 10.5 Å². The lowest BCUT2D eigenvalue weighted by atomic mass is 10.1. The van der Waals surface area contributed by atoms with Crippen LogP contribution in [-0.4, -0.2) is 80.3 Å². The summed E-state index contributed by atoms with van der Waals surface area (Å²) in [5, 5.41) is 0. The van der Waals surface area contributed by atoms with Crippen LogP contribution in [0.15, 0.2) is 24.3 Å². The second-order valence-corrected chi connectivity index (χ2v) is 7.71. The number of anilines is 1. The zero-order chi connectivity index (χ0) is 19.9. The van der Waals surface area contributed by atoms with Crippen LogP contribution < -0.4 is 10.6 Å². The third-order valence-corrected chi connectivity index (χ3v) is 5.87. The Labute approximate surface area is 167 Å². The first kappa shape index (κ1) is 21.0. The molecule has 0 bridgehead atoms. The zero-order valence-corrected chi connectivity index (χ0v) is 16.9. The van der Waals surface area contributed by atoms with Gasteiger partial charge < -0.3 is 20.3 Å². The second-order valence-electron chi connectivity index (χ2n) is 7.71. The van der Waals surface area contributed by atoms with E-state index in [1.54, 1.807) is 0 Å². The highest BCUT2D eigenvalue weighted by Gasteiger charge is 2.31. The van der Waals surface area contributed by atoms with E-state index >= 15 is 0 Å². The van der Waals surface area contributed by atoms with Crippen molar-refractivity contribution in [2.24, 2.45) is 5.73 Å². The molecule has 2 aliphatic heterocycles. The Morgan fingerprint density at radius 3 is 2.39 bits per heavy atom. The van der Waals surface area contributed by atoms with Gasteiger partial charge in [-0.2, -0.15) is 0 Å². The zero-order valence-electron chi connectivity index (χ0n) is 16.9. The second kappa shape index (κ2) is 10.2. The van der Waals surface area contributed by atoms with Crippen molar-refractivity contribution in [3.63, 3.8) is 0 Å². The predicted molar refractivity (Wildman–Crippen MR) is 109 cm³/mol. The number of benzene rings is 1. The van der Waals surface area contributed by atoms with Crippen molar-refractivity contribution in [2.45, 2.75) is 38.3 Å². The molecule has 6 nitrogen and oxygen atoms in total. The summed E-state index contributed by atoms with van der Waals surface area (Å²) in [6.07, 6.45) is 2.95. The SMILES string of the molecule is CC(C(=O)N1CCC(OCCCN)CC1)N1CCN(c2ccc(F)cc2)CC1. The van der Waals surface area contributed by atoms with E-state index in [1.807, 2.05) is 24.0 Å². The molecule has 0 aliphatic carbocycles. The molecule has 28 heavy (non-hydrogen) atoms. The number of carbonyl (C=O) groups is 1. The van der Waals surface area contributed by atoms with Gasteiger partial charge in [-0.15, -0.1) is 0 Å². The summed E-state index contributed by atoms with van der Waals surface area (Å²) in [6.45, 7) is 8.29. The van der Waals surface area contributed by atoms with Gasteiger partial charge in [-0.25, -0.2) is 4.39 Å². The molecule has 2 saturated heterocycles. The highest BCUT2D eigenvalue weighted by Crippen LogP contribution is 2.20. The van der Waals surface area contributed by atoms with Gasteiger partial charge in [-0.1, -0.05) is 0 Å². The van der Waals surface area contributed by atoms with Crippen LogP contribution in [0.4, 0.5) is 10.1 Å². The molecule has 7 heteroatoms. The van der Waals surface area contributed by atoms with Crippen LogP contribution in [0.3, 0.4) is 0 Å². The van der Waals surface area contributed by atoms with Crippen molar-refractivity contribution in [3.05, 3.63) is 30.1 Å². The molecule has 2 N–H and O–H groups in total. The van der Waals surface area contributed by atoms with E-state index < -0.39 is 0 Å². The maximum absolute atomic E-state index is 13.1. The highest BCUT2D eigenvalue weighted by atomic mass is 19.1. The Bertz CT molecular complexity index is 611. The molecular formula is C21H33FN4O2. The normalized spacial score (nSPS) is 20.4. The van der Waals surface area contributed by atoms with Crippen LogP contribution in [0.25, 0.3) is 0 Å². The van der Waals surface area contributed by atoms with E-state index in [2.05, 4.69) is 9.80 Å².